The molecule has 1 aromatic heterocycles. The van der Waals surface area contributed by atoms with Gasteiger partial charge in [-0.15, -0.1) is 0 Å². The quantitative estimate of drug-likeness (QED) is 0.491. The maximum Gasteiger partial charge on any atom is 0.255 e. The van der Waals surface area contributed by atoms with Crippen molar-refractivity contribution in [3.63, 3.8) is 0 Å². The molecule has 2 amide bonds. The predicted octanol–water partition coefficient (Wildman–Crippen LogP) is 4.82. The lowest BCUT2D eigenvalue weighted by Crippen LogP contribution is -2.15. The zero-order chi connectivity index (χ0) is 21.8. The van der Waals surface area contributed by atoms with Gasteiger partial charge in [0.1, 0.15) is 5.69 Å². The molecular formula is C24H19FN4O2. The second-order valence-corrected chi connectivity index (χ2v) is 6.92. The lowest BCUT2D eigenvalue weighted by molar-refractivity contribution is 0.101. The minimum atomic E-state index is -0.513. The highest BCUT2D eigenvalue weighted by atomic mass is 19.1. The molecule has 0 unspecified atom stereocenters. The molecule has 4 rings (SSSR count). The van der Waals surface area contributed by atoms with Crippen LogP contribution in [0.5, 0.6) is 0 Å². The van der Waals surface area contributed by atoms with Crippen LogP contribution in [-0.2, 0) is 0 Å². The molecule has 0 saturated heterocycles. The second-order valence-electron chi connectivity index (χ2n) is 6.92. The van der Waals surface area contributed by atoms with E-state index in [0.717, 1.165) is 5.56 Å². The van der Waals surface area contributed by atoms with Crippen LogP contribution in [0.1, 0.15) is 26.3 Å². The van der Waals surface area contributed by atoms with E-state index in [-0.39, 0.29) is 11.6 Å². The number of aromatic nitrogens is 2. The largest absolute Gasteiger partial charge is 0.322 e. The van der Waals surface area contributed by atoms with Crippen molar-refractivity contribution >= 4 is 23.2 Å². The Bertz CT molecular complexity index is 1240. The Morgan fingerprint density at radius 2 is 1.65 bits per heavy atom. The minimum absolute atomic E-state index is 0.266. The lowest BCUT2D eigenvalue weighted by atomic mass is 10.1. The maximum absolute atomic E-state index is 14.4. The minimum Gasteiger partial charge on any atom is -0.322 e. The van der Waals surface area contributed by atoms with E-state index in [4.69, 9.17) is 0 Å². The molecule has 6 nitrogen and oxygen atoms in total. The van der Waals surface area contributed by atoms with Crippen molar-refractivity contribution in [2.24, 2.45) is 0 Å². The molecule has 0 aliphatic heterocycles. The first kappa shape index (κ1) is 20.0. The van der Waals surface area contributed by atoms with E-state index in [1.54, 1.807) is 73.1 Å². The Morgan fingerprint density at radius 1 is 0.871 bits per heavy atom. The third-order valence-electron chi connectivity index (χ3n) is 4.74. The highest BCUT2D eigenvalue weighted by Gasteiger charge is 2.13. The second kappa shape index (κ2) is 8.62. The fourth-order valence-electron chi connectivity index (χ4n) is 3.07. The summed E-state index contributed by atoms with van der Waals surface area (Å²) in [6, 6.07) is 19.9. The molecule has 4 aromatic rings. The number of aryl methyl sites for hydroxylation is 1. The third-order valence-corrected chi connectivity index (χ3v) is 4.74. The molecule has 7 heteroatoms. The number of carbonyl (C=O) groups is 2. The lowest BCUT2D eigenvalue weighted by Gasteiger charge is -2.12. The van der Waals surface area contributed by atoms with Gasteiger partial charge in [-0.05, 0) is 61.0 Å². The monoisotopic (exact) mass is 414 g/mol. The van der Waals surface area contributed by atoms with Gasteiger partial charge in [0.2, 0.25) is 0 Å². The van der Waals surface area contributed by atoms with Crippen LogP contribution in [0.15, 0.2) is 85.2 Å². The molecule has 0 fully saturated rings. The number of hydrogen-bond donors (Lipinski definition) is 2. The van der Waals surface area contributed by atoms with Crippen molar-refractivity contribution < 1.29 is 14.0 Å². The summed E-state index contributed by atoms with van der Waals surface area (Å²) in [5, 5.41) is 9.51. The van der Waals surface area contributed by atoms with Crippen LogP contribution in [0, 0.1) is 12.7 Å². The number of amides is 2. The zero-order valence-electron chi connectivity index (χ0n) is 16.7. The molecule has 0 bridgehead atoms. The van der Waals surface area contributed by atoms with Crippen molar-refractivity contribution in [3.05, 3.63) is 108 Å². The summed E-state index contributed by atoms with van der Waals surface area (Å²) in [4.78, 5) is 25.1. The topological polar surface area (TPSA) is 76.0 Å². The molecule has 0 spiro atoms. The van der Waals surface area contributed by atoms with E-state index in [9.17, 15) is 14.0 Å². The standard InChI is InChI=1S/C24H19FN4O2/c1-16-8-9-18(14-21(16)28-23(30)17-6-3-2-4-7-17)24(31)27-19-10-11-22(20(25)15-19)29-13-5-12-26-29/h2-15H,1H3,(H,27,31)(H,28,30). The molecule has 0 radical (unpaired) electrons. The molecule has 31 heavy (non-hydrogen) atoms. The van der Waals surface area contributed by atoms with Gasteiger partial charge in [-0.1, -0.05) is 24.3 Å². The molecule has 0 aliphatic carbocycles. The highest BCUT2D eigenvalue weighted by Crippen LogP contribution is 2.21. The zero-order valence-corrected chi connectivity index (χ0v) is 16.7. The van der Waals surface area contributed by atoms with Gasteiger partial charge < -0.3 is 10.6 Å². The van der Waals surface area contributed by atoms with E-state index in [1.807, 2.05) is 13.0 Å². The van der Waals surface area contributed by atoms with Gasteiger partial charge in [-0.2, -0.15) is 5.10 Å². The Balaban J connectivity index is 1.51. The molecule has 0 aliphatic rings. The number of nitrogens with zero attached hydrogens (tertiary/aromatic N) is 2. The van der Waals surface area contributed by atoms with Gasteiger partial charge in [0.05, 0.1) is 0 Å². The summed E-state index contributed by atoms with van der Waals surface area (Å²) in [5.41, 5.74) is 2.80. The van der Waals surface area contributed by atoms with Crippen molar-refractivity contribution in [1.82, 2.24) is 9.78 Å². The average molecular weight is 414 g/mol. The third kappa shape index (κ3) is 4.51. The summed E-state index contributed by atoms with van der Waals surface area (Å²) in [7, 11) is 0. The van der Waals surface area contributed by atoms with Gasteiger partial charge in [0, 0.05) is 34.9 Å². The summed E-state index contributed by atoms with van der Waals surface area (Å²) in [5.74, 6) is -1.19. The van der Waals surface area contributed by atoms with Crippen molar-refractivity contribution in [2.45, 2.75) is 6.92 Å². The number of nitrogens with one attached hydrogen (secondary N) is 2. The van der Waals surface area contributed by atoms with Gasteiger partial charge in [-0.25, -0.2) is 9.07 Å². The molecule has 0 atom stereocenters. The Labute approximate surface area is 178 Å². The van der Waals surface area contributed by atoms with Crippen molar-refractivity contribution in [2.75, 3.05) is 10.6 Å². The Kier molecular flexibility index (Phi) is 5.57. The molecule has 2 N–H and O–H groups in total. The normalized spacial score (nSPS) is 10.5. The van der Waals surface area contributed by atoms with E-state index >= 15 is 0 Å². The highest BCUT2D eigenvalue weighted by molar-refractivity contribution is 6.07. The number of benzene rings is 3. The summed E-state index contributed by atoms with van der Waals surface area (Å²) in [6.45, 7) is 1.84. The molecule has 1 heterocycles. The van der Waals surface area contributed by atoms with Crippen LogP contribution >= 0.6 is 0 Å². The van der Waals surface area contributed by atoms with E-state index < -0.39 is 11.7 Å². The van der Waals surface area contributed by atoms with E-state index in [0.29, 0.717) is 22.5 Å². The SMILES string of the molecule is Cc1ccc(C(=O)Nc2ccc(-n3cccn3)c(F)c2)cc1NC(=O)c1ccccc1. The molecule has 154 valence electrons. The van der Waals surface area contributed by atoms with Crippen LogP contribution in [-0.4, -0.2) is 21.6 Å². The first-order valence-corrected chi connectivity index (χ1v) is 9.59. The number of rotatable bonds is 5. The number of halogens is 1. The predicted molar refractivity (Wildman–Crippen MR) is 117 cm³/mol. The van der Waals surface area contributed by atoms with Crippen LogP contribution in [0.25, 0.3) is 5.69 Å². The Hall–Kier alpha value is -4.26. The smallest absolute Gasteiger partial charge is 0.255 e. The molecule has 0 saturated carbocycles. The van der Waals surface area contributed by atoms with E-state index in [2.05, 4.69) is 15.7 Å². The van der Waals surface area contributed by atoms with Gasteiger partial charge >= 0.3 is 0 Å². The number of carbonyl (C=O) groups excluding carboxylic acids is 2. The maximum atomic E-state index is 14.4. The first-order chi connectivity index (χ1) is 15.0. The summed E-state index contributed by atoms with van der Waals surface area (Å²) < 4.78 is 15.8. The van der Waals surface area contributed by atoms with Crippen molar-refractivity contribution in [1.29, 1.82) is 0 Å². The summed E-state index contributed by atoms with van der Waals surface area (Å²) >= 11 is 0. The fourth-order valence-corrected chi connectivity index (χ4v) is 3.07. The van der Waals surface area contributed by atoms with E-state index in [1.165, 1.54) is 10.7 Å². The van der Waals surface area contributed by atoms with Crippen LogP contribution < -0.4 is 10.6 Å². The molecule has 3 aromatic carbocycles. The first-order valence-electron chi connectivity index (χ1n) is 9.59. The van der Waals surface area contributed by atoms with Crippen LogP contribution in [0.3, 0.4) is 0 Å². The van der Waals surface area contributed by atoms with Crippen LogP contribution in [0.4, 0.5) is 15.8 Å². The molecular weight excluding hydrogens is 395 g/mol. The van der Waals surface area contributed by atoms with Crippen molar-refractivity contribution in [3.8, 4) is 5.69 Å². The number of hydrogen-bond acceptors (Lipinski definition) is 3. The van der Waals surface area contributed by atoms with Gasteiger partial charge in [-0.3, -0.25) is 9.59 Å². The fraction of sp³-hybridized carbons (Fsp3) is 0.0417. The van der Waals surface area contributed by atoms with Crippen LogP contribution in [0.2, 0.25) is 0 Å². The van der Waals surface area contributed by atoms with Gasteiger partial charge in [0.15, 0.2) is 5.82 Å². The summed E-state index contributed by atoms with van der Waals surface area (Å²) in [6.07, 6.45) is 3.19. The van der Waals surface area contributed by atoms with Gasteiger partial charge in [0.25, 0.3) is 11.8 Å². The average Bonchev–Trinajstić information content (AvgIpc) is 3.30. The Morgan fingerprint density at radius 3 is 2.35 bits per heavy atom. The number of anilines is 2.